The molecule has 0 atom stereocenters. The minimum absolute atomic E-state index is 0. The second-order valence-corrected chi connectivity index (χ2v) is 3.81. The first-order chi connectivity index (χ1) is 7.93. The van der Waals surface area contributed by atoms with Crippen molar-refractivity contribution in [1.29, 1.82) is 0 Å². The predicted molar refractivity (Wildman–Crippen MR) is 61.8 cm³/mol. The Morgan fingerprint density at radius 1 is 1.24 bits per heavy atom. The molecule has 0 bridgehead atoms. The lowest BCUT2D eigenvalue weighted by Crippen LogP contribution is -3.00. The Kier molecular flexibility index (Phi) is 3.66. The van der Waals surface area contributed by atoms with Crippen molar-refractivity contribution in [1.82, 2.24) is 20.3 Å². The molecule has 0 amide bonds. The summed E-state index contributed by atoms with van der Waals surface area (Å²) in [6.45, 7) is 1.86. The van der Waals surface area contributed by atoms with Crippen LogP contribution >= 0.6 is 0 Å². The number of aromatic nitrogens is 3. The van der Waals surface area contributed by atoms with Crippen molar-refractivity contribution >= 4 is 0 Å². The summed E-state index contributed by atoms with van der Waals surface area (Å²) < 4.78 is 0. The largest absolute Gasteiger partial charge is 1.00 e. The molecule has 88 valence electrons. The van der Waals surface area contributed by atoms with E-state index in [0.29, 0.717) is 0 Å². The summed E-state index contributed by atoms with van der Waals surface area (Å²) in [5, 5.41) is 3.30. The lowest BCUT2D eigenvalue weighted by Gasteiger charge is -2.15. The van der Waals surface area contributed by atoms with Gasteiger partial charge in [0.25, 0.3) is 0 Å². The quantitative estimate of drug-likeness (QED) is 0.654. The maximum Gasteiger partial charge on any atom is 1.00 e. The van der Waals surface area contributed by atoms with Gasteiger partial charge in [0.05, 0.1) is 5.69 Å². The van der Waals surface area contributed by atoms with Crippen LogP contribution in [0.5, 0.6) is 0 Å². The molecule has 0 saturated carbocycles. The van der Waals surface area contributed by atoms with Crippen LogP contribution in [-0.4, -0.2) is 21.5 Å². The number of nitrogens with zero attached hydrogens (tertiary/aromatic N) is 3. The van der Waals surface area contributed by atoms with E-state index < -0.39 is 0 Å². The minimum atomic E-state index is 0. The van der Waals surface area contributed by atoms with Gasteiger partial charge in [-0.05, 0) is 12.1 Å². The van der Waals surface area contributed by atoms with E-state index in [0.717, 1.165) is 36.7 Å². The first kappa shape index (κ1) is 12.0. The molecule has 0 radical (unpaired) electrons. The van der Waals surface area contributed by atoms with E-state index in [9.17, 15) is 0 Å². The molecule has 0 aliphatic carbocycles. The molecule has 1 aliphatic heterocycles. The zero-order valence-electron chi connectivity index (χ0n) is 10.2. The average molecular weight is 249 g/mol. The fourth-order valence-corrected chi connectivity index (χ4v) is 1.85. The van der Waals surface area contributed by atoms with E-state index in [1.165, 1.54) is 5.56 Å². The number of nitrogens with one attached hydrogen (secondary N) is 1. The summed E-state index contributed by atoms with van der Waals surface area (Å²) in [7, 11) is 0. The molecular weight excluding hydrogens is 236 g/mol. The Morgan fingerprint density at radius 3 is 3.00 bits per heavy atom. The highest BCUT2D eigenvalue weighted by Crippen LogP contribution is 2.15. The molecule has 0 unspecified atom stereocenters. The van der Waals surface area contributed by atoms with Gasteiger partial charge in [0.15, 0.2) is 5.82 Å². The molecule has 3 rings (SSSR count). The number of fused-ring (bicyclic) bond motifs is 1. The van der Waals surface area contributed by atoms with Crippen molar-refractivity contribution in [2.75, 3.05) is 6.54 Å². The molecule has 5 heteroatoms. The predicted octanol–water partition coefficient (Wildman–Crippen LogP) is -1.70. The van der Waals surface area contributed by atoms with Gasteiger partial charge in [0.1, 0.15) is 5.69 Å². The van der Waals surface area contributed by atoms with Crippen LogP contribution in [0, 0.1) is 0 Å². The maximum atomic E-state index is 4.57. The summed E-state index contributed by atoms with van der Waals surface area (Å²) in [6, 6.07) is 5.78. The minimum Gasteiger partial charge on any atom is -1.00 e. The number of hydrogen-bond acceptors (Lipinski definition) is 4. The van der Waals surface area contributed by atoms with Crippen LogP contribution in [-0.2, 0) is 13.0 Å². The number of rotatable bonds is 1. The Morgan fingerprint density at radius 2 is 2.18 bits per heavy atom. The van der Waals surface area contributed by atoms with Crippen molar-refractivity contribution in [3.63, 3.8) is 0 Å². The van der Waals surface area contributed by atoms with Crippen LogP contribution < -0.4 is 17.7 Å². The third-order valence-electron chi connectivity index (χ3n) is 2.70. The molecule has 2 aromatic heterocycles. The van der Waals surface area contributed by atoms with E-state index in [4.69, 9.17) is 0 Å². The standard InChI is InChI=1S/C12H12N4.ClH/c1-2-5-14-11(3-1)12-15-8-9-7-13-6-4-10(9)16-12;/h1-3,5,8,13H,4,6-7H2;1H. The normalized spacial score (nSPS) is 13.6. The van der Waals surface area contributed by atoms with Gasteiger partial charge in [-0.25, -0.2) is 9.97 Å². The van der Waals surface area contributed by atoms with E-state index in [1.807, 2.05) is 24.4 Å². The Bertz CT molecular complexity index is 507. The molecule has 1 N–H and O–H groups in total. The molecule has 2 aromatic rings. The highest BCUT2D eigenvalue weighted by molar-refractivity contribution is 5.48. The fraction of sp³-hybridized carbons (Fsp3) is 0.250. The van der Waals surface area contributed by atoms with E-state index in [1.54, 1.807) is 6.20 Å². The van der Waals surface area contributed by atoms with Crippen molar-refractivity contribution in [3.8, 4) is 11.5 Å². The smallest absolute Gasteiger partial charge is 1.00 e. The van der Waals surface area contributed by atoms with Crippen LogP contribution in [0.15, 0.2) is 30.6 Å². The lowest BCUT2D eigenvalue weighted by atomic mass is 10.1. The van der Waals surface area contributed by atoms with Crippen LogP contribution in [0.2, 0.25) is 0 Å². The van der Waals surface area contributed by atoms with Crippen LogP contribution in [0.25, 0.3) is 11.5 Å². The van der Waals surface area contributed by atoms with Gasteiger partial charge < -0.3 is 17.7 Å². The monoisotopic (exact) mass is 248 g/mol. The van der Waals surface area contributed by atoms with Crippen molar-refractivity contribution < 1.29 is 13.8 Å². The van der Waals surface area contributed by atoms with Crippen LogP contribution in [0.1, 0.15) is 12.7 Å². The van der Waals surface area contributed by atoms with E-state index >= 15 is 0 Å². The SMILES string of the molecule is [Cl-].[H+].c1ccc(-c2ncc3c(n2)CCNC3)nc1. The molecular formula is C12H13ClN4. The van der Waals surface area contributed by atoms with Gasteiger partial charge in [0, 0.05) is 37.5 Å². The first-order valence-corrected chi connectivity index (χ1v) is 5.40. The summed E-state index contributed by atoms with van der Waals surface area (Å²) in [5.74, 6) is 0.723. The van der Waals surface area contributed by atoms with E-state index in [-0.39, 0.29) is 13.8 Å². The number of pyridine rings is 1. The maximum absolute atomic E-state index is 4.57. The fourth-order valence-electron chi connectivity index (χ4n) is 1.85. The summed E-state index contributed by atoms with van der Waals surface area (Å²) in [4.78, 5) is 13.2. The van der Waals surface area contributed by atoms with E-state index in [2.05, 4.69) is 20.3 Å². The highest BCUT2D eigenvalue weighted by atomic mass is 35.5. The van der Waals surface area contributed by atoms with Crippen molar-refractivity contribution in [2.24, 2.45) is 0 Å². The first-order valence-electron chi connectivity index (χ1n) is 5.40. The summed E-state index contributed by atoms with van der Waals surface area (Å²) in [5.41, 5.74) is 3.18. The zero-order chi connectivity index (χ0) is 10.8. The molecule has 3 heterocycles. The highest BCUT2D eigenvalue weighted by Gasteiger charge is 2.12. The summed E-state index contributed by atoms with van der Waals surface area (Å²) >= 11 is 0. The molecule has 1 aliphatic rings. The summed E-state index contributed by atoms with van der Waals surface area (Å²) in [6.07, 6.45) is 4.63. The van der Waals surface area contributed by atoms with Gasteiger partial charge in [-0.1, -0.05) is 6.07 Å². The third-order valence-corrected chi connectivity index (χ3v) is 2.70. The van der Waals surface area contributed by atoms with Crippen molar-refractivity contribution in [2.45, 2.75) is 13.0 Å². The Labute approximate surface area is 107 Å². The Hall–Kier alpha value is -1.52. The molecule has 0 aromatic carbocycles. The van der Waals surface area contributed by atoms with Crippen LogP contribution in [0.4, 0.5) is 0 Å². The third kappa shape index (κ3) is 2.43. The van der Waals surface area contributed by atoms with Crippen molar-refractivity contribution in [3.05, 3.63) is 41.9 Å². The zero-order valence-corrected chi connectivity index (χ0v) is 9.98. The number of halogens is 1. The molecule has 0 spiro atoms. The molecule has 17 heavy (non-hydrogen) atoms. The van der Waals surface area contributed by atoms with Gasteiger partial charge >= 0.3 is 1.43 Å². The second kappa shape index (κ2) is 5.21. The van der Waals surface area contributed by atoms with Gasteiger partial charge in [0.2, 0.25) is 0 Å². The molecule has 0 saturated heterocycles. The van der Waals surface area contributed by atoms with Gasteiger partial charge in [-0.15, -0.1) is 0 Å². The molecule has 4 nitrogen and oxygen atoms in total. The topological polar surface area (TPSA) is 50.7 Å². The lowest BCUT2D eigenvalue weighted by molar-refractivity contribution is -0.00000346. The molecule has 0 fully saturated rings. The number of hydrogen-bond donors (Lipinski definition) is 1. The van der Waals surface area contributed by atoms with Gasteiger partial charge in [-0.2, -0.15) is 0 Å². The average Bonchev–Trinajstić information content (AvgIpc) is 2.39. The second-order valence-electron chi connectivity index (χ2n) is 3.81. The van der Waals surface area contributed by atoms with Crippen LogP contribution in [0.3, 0.4) is 0 Å². The Balaban J connectivity index is 0.000000810. The van der Waals surface area contributed by atoms with Gasteiger partial charge in [-0.3, -0.25) is 4.98 Å².